The Bertz CT molecular complexity index is 2860. The van der Waals surface area contributed by atoms with Crippen LogP contribution in [0.1, 0.15) is 26.3 Å². The van der Waals surface area contributed by atoms with Gasteiger partial charge in [-0.3, -0.25) is 0 Å². The number of methoxy groups -OCH3 is 1. The normalized spacial score (nSPS) is 11.3. The van der Waals surface area contributed by atoms with Gasteiger partial charge in [0.25, 0.3) is 0 Å². The molecule has 63 heavy (non-hydrogen) atoms. The van der Waals surface area contributed by atoms with Crippen molar-refractivity contribution in [2.75, 3.05) is 16.9 Å². The minimum atomic E-state index is -0.243. The Kier molecular flexibility index (Phi) is 11.7. The van der Waals surface area contributed by atoms with E-state index in [0.29, 0.717) is 5.02 Å². The largest absolute Gasteiger partial charge is 0.497 e. The van der Waals surface area contributed by atoms with Crippen LogP contribution >= 0.6 is 11.6 Å². The summed E-state index contributed by atoms with van der Waals surface area (Å²) >= 11 is 6.96. The van der Waals surface area contributed by atoms with Crippen molar-refractivity contribution in [3.8, 4) is 50.3 Å². The highest BCUT2D eigenvalue weighted by molar-refractivity contribution is 6.31. The molecule has 0 aliphatic heterocycles. The first-order valence-electron chi connectivity index (χ1n) is 21.4. The number of benzene rings is 9. The summed E-state index contributed by atoms with van der Waals surface area (Å²) in [7, 11) is 1.73. The van der Waals surface area contributed by atoms with Crippen LogP contribution < -0.4 is 14.5 Å². The molecule has 0 fully saturated rings. The monoisotopic (exact) mass is 836 g/mol. The van der Waals surface area contributed by atoms with Crippen molar-refractivity contribution >= 4 is 45.7 Å². The molecule has 308 valence electrons. The predicted octanol–water partition coefficient (Wildman–Crippen LogP) is 17.3. The van der Waals surface area contributed by atoms with Gasteiger partial charge in [0.05, 0.1) is 18.5 Å². The van der Waals surface area contributed by atoms with Gasteiger partial charge in [-0.25, -0.2) is 0 Å². The van der Waals surface area contributed by atoms with E-state index in [-0.39, 0.29) is 5.41 Å². The second-order valence-corrected chi connectivity index (χ2v) is 17.1. The molecule has 0 unspecified atom stereocenters. The molecule has 0 amide bonds. The fourth-order valence-corrected chi connectivity index (χ4v) is 8.62. The number of rotatable bonds is 11. The Morgan fingerprint density at radius 1 is 0.365 bits per heavy atom. The Morgan fingerprint density at radius 2 is 0.730 bits per heavy atom. The molecule has 9 aromatic carbocycles. The topological polar surface area (TPSA) is 15.7 Å². The second kappa shape index (κ2) is 17.9. The number of hydrogen-bond acceptors (Lipinski definition) is 3. The van der Waals surface area contributed by atoms with Crippen molar-refractivity contribution in [2.45, 2.75) is 26.2 Å². The lowest BCUT2D eigenvalue weighted by Crippen LogP contribution is -2.19. The van der Waals surface area contributed by atoms with Gasteiger partial charge >= 0.3 is 0 Å². The number of ether oxygens (including phenoxy) is 1. The third kappa shape index (κ3) is 8.62. The Labute approximate surface area is 377 Å². The van der Waals surface area contributed by atoms with Gasteiger partial charge in [0.15, 0.2) is 0 Å². The SMILES string of the molecule is COc1cccc(N(c2cc(N(c3cccc(Cl)c3)c3c(-c4ccccc4)cccc3-c3ccccc3)cc(C(C)(C)C)c2)c2c(-c3ccccc3)cccc2-c2ccccc2)c1. The summed E-state index contributed by atoms with van der Waals surface area (Å²) in [5.74, 6) is 0.771. The molecular formula is C59H49ClN2O. The summed E-state index contributed by atoms with van der Waals surface area (Å²) in [6.45, 7) is 6.86. The van der Waals surface area contributed by atoms with Crippen molar-refractivity contribution < 1.29 is 4.74 Å². The van der Waals surface area contributed by atoms with Gasteiger partial charge in [-0.2, -0.15) is 0 Å². The van der Waals surface area contributed by atoms with Gasteiger partial charge in [-0.1, -0.05) is 202 Å². The van der Waals surface area contributed by atoms with E-state index in [9.17, 15) is 0 Å². The molecule has 0 radical (unpaired) electrons. The van der Waals surface area contributed by atoms with E-state index in [1.54, 1.807) is 7.11 Å². The van der Waals surface area contributed by atoms with E-state index in [0.717, 1.165) is 84.4 Å². The first kappa shape index (κ1) is 41.0. The van der Waals surface area contributed by atoms with Gasteiger partial charge in [-0.15, -0.1) is 0 Å². The van der Waals surface area contributed by atoms with Crippen LogP contribution in [0.3, 0.4) is 0 Å². The first-order chi connectivity index (χ1) is 30.8. The maximum Gasteiger partial charge on any atom is 0.120 e. The van der Waals surface area contributed by atoms with E-state index < -0.39 is 0 Å². The molecule has 0 aromatic heterocycles. The number of anilines is 6. The minimum absolute atomic E-state index is 0.243. The van der Waals surface area contributed by atoms with E-state index in [4.69, 9.17) is 16.3 Å². The van der Waals surface area contributed by atoms with Crippen LogP contribution in [0.2, 0.25) is 5.02 Å². The Balaban J connectivity index is 1.41. The fourth-order valence-electron chi connectivity index (χ4n) is 8.44. The molecule has 0 atom stereocenters. The van der Waals surface area contributed by atoms with Crippen molar-refractivity contribution in [1.29, 1.82) is 0 Å². The number of hydrogen-bond donors (Lipinski definition) is 0. The molecule has 9 aromatic rings. The third-order valence-corrected chi connectivity index (χ3v) is 11.8. The van der Waals surface area contributed by atoms with Crippen LogP contribution in [-0.4, -0.2) is 7.11 Å². The molecule has 0 spiro atoms. The van der Waals surface area contributed by atoms with Crippen molar-refractivity contribution in [2.24, 2.45) is 0 Å². The highest BCUT2D eigenvalue weighted by Crippen LogP contribution is 2.52. The maximum atomic E-state index is 6.96. The zero-order valence-corrected chi connectivity index (χ0v) is 36.8. The third-order valence-electron chi connectivity index (χ3n) is 11.5. The maximum absolute atomic E-state index is 6.96. The molecule has 0 saturated carbocycles. The van der Waals surface area contributed by atoms with E-state index >= 15 is 0 Å². The lowest BCUT2D eigenvalue weighted by atomic mass is 9.85. The molecule has 0 saturated heterocycles. The van der Waals surface area contributed by atoms with E-state index in [2.05, 4.69) is 237 Å². The molecule has 0 aliphatic rings. The van der Waals surface area contributed by atoms with Gasteiger partial charge in [0.2, 0.25) is 0 Å². The molecule has 0 N–H and O–H groups in total. The number of nitrogens with zero attached hydrogens (tertiary/aromatic N) is 2. The summed E-state index contributed by atoms with van der Waals surface area (Å²) in [5, 5.41) is 0.658. The molecule has 0 heterocycles. The van der Waals surface area contributed by atoms with Gasteiger partial charge < -0.3 is 14.5 Å². The lowest BCUT2D eigenvalue weighted by molar-refractivity contribution is 0.415. The zero-order chi connectivity index (χ0) is 43.3. The Morgan fingerprint density at radius 3 is 1.10 bits per heavy atom. The molecule has 0 aliphatic carbocycles. The minimum Gasteiger partial charge on any atom is -0.497 e. The van der Waals surface area contributed by atoms with Crippen LogP contribution in [0.25, 0.3) is 44.5 Å². The lowest BCUT2D eigenvalue weighted by Gasteiger charge is -2.35. The highest BCUT2D eigenvalue weighted by Gasteiger charge is 2.28. The van der Waals surface area contributed by atoms with E-state index in [1.807, 2.05) is 18.2 Å². The number of halogens is 1. The fraction of sp³-hybridized carbons (Fsp3) is 0.0847. The smallest absolute Gasteiger partial charge is 0.120 e. The van der Waals surface area contributed by atoms with Gasteiger partial charge in [0.1, 0.15) is 5.75 Å². The summed E-state index contributed by atoms with van der Waals surface area (Å²) in [6.07, 6.45) is 0. The average Bonchev–Trinajstić information content (AvgIpc) is 3.33. The van der Waals surface area contributed by atoms with Crippen LogP contribution in [0.4, 0.5) is 34.1 Å². The Hall–Kier alpha value is -7.33. The molecule has 0 bridgehead atoms. The van der Waals surface area contributed by atoms with Crippen molar-refractivity contribution in [1.82, 2.24) is 0 Å². The average molecular weight is 838 g/mol. The van der Waals surface area contributed by atoms with Crippen LogP contribution in [0, 0.1) is 0 Å². The van der Waals surface area contributed by atoms with Crippen LogP contribution in [-0.2, 0) is 5.41 Å². The predicted molar refractivity (Wildman–Crippen MR) is 268 cm³/mol. The summed E-state index contributed by atoms with van der Waals surface area (Å²) < 4.78 is 5.94. The standard InChI is InChI=1S/C59H49ClN2O/c1-59(2,3)46-37-50(61(48-30-17-29-47(60)39-48)57-53(42-21-9-5-10-22-42)33-19-34-54(57)43-23-11-6-12-24-43)40-51(38-46)62(49-31-18-32-52(41-49)63-4)58-55(44-25-13-7-14-26-44)35-20-36-56(58)45-27-15-8-16-28-45/h5-41H,1-4H3. The molecule has 3 nitrogen and oxygen atoms in total. The number of para-hydroxylation sites is 2. The first-order valence-corrected chi connectivity index (χ1v) is 21.8. The summed E-state index contributed by atoms with van der Waals surface area (Å²) in [6, 6.07) is 79.6. The van der Waals surface area contributed by atoms with Gasteiger partial charge in [-0.05, 0) is 81.8 Å². The highest BCUT2D eigenvalue weighted by atomic mass is 35.5. The summed E-state index contributed by atoms with van der Waals surface area (Å²) in [5.41, 5.74) is 15.8. The molecule has 4 heteroatoms. The van der Waals surface area contributed by atoms with Crippen LogP contribution in [0.15, 0.2) is 224 Å². The second-order valence-electron chi connectivity index (χ2n) is 16.7. The molecule has 9 rings (SSSR count). The zero-order valence-electron chi connectivity index (χ0n) is 36.0. The van der Waals surface area contributed by atoms with Crippen molar-refractivity contribution in [3.05, 3.63) is 235 Å². The van der Waals surface area contributed by atoms with Crippen LogP contribution in [0.5, 0.6) is 5.75 Å². The van der Waals surface area contributed by atoms with E-state index in [1.165, 1.54) is 5.56 Å². The van der Waals surface area contributed by atoms with Crippen molar-refractivity contribution in [3.63, 3.8) is 0 Å². The molecular weight excluding hydrogens is 788 g/mol. The van der Waals surface area contributed by atoms with Gasteiger partial charge in [0, 0.05) is 56.1 Å². The quantitative estimate of drug-likeness (QED) is 0.129. The summed E-state index contributed by atoms with van der Waals surface area (Å²) in [4.78, 5) is 4.82.